The van der Waals surface area contributed by atoms with Crippen LogP contribution >= 0.6 is 15.9 Å². The van der Waals surface area contributed by atoms with Gasteiger partial charge in [-0.2, -0.15) is 0 Å². The predicted octanol–water partition coefficient (Wildman–Crippen LogP) is 3.42. The second-order valence-electron chi connectivity index (χ2n) is 4.37. The Morgan fingerprint density at radius 2 is 1.81 bits per heavy atom. The van der Waals surface area contributed by atoms with E-state index in [1.54, 1.807) is 6.92 Å². The number of rotatable bonds is 3. The smallest absolute Gasteiger partial charge is 0.261 e. The van der Waals surface area contributed by atoms with Crippen LogP contribution in [-0.2, 0) is 10.0 Å². The molecule has 0 saturated heterocycles. The van der Waals surface area contributed by atoms with Crippen molar-refractivity contribution in [2.45, 2.75) is 11.8 Å². The molecule has 2 rings (SSSR count). The van der Waals surface area contributed by atoms with E-state index in [0.29, 0.717) is 17.3 Å². The Hall–Kier alpha value is -1.67. The van der Waals surface area contributed by atoms with Gasteiger partial charge in [0.15, 0.2) is 0 Å². The zero-order valence-electron chi connectivity index (χ0n) is 10.8. The number of benzene rings is 2. The van der Waals surface area contributed by atoms with Crippen LogP contribution in [0.4, 0.5) is 20.2 Å². The third-order valence-corrected chi connectivity index (χ3v) is 4.78. The molecule has 0 aromatic heterocycles. The molecule has 21 heavy (non-hydrogen) atoms. The number of sulfonamides is 1. The maximum absolute atomic E-state index is 13.6. The summed E-state index contributed by atoms with van der Waals surface area (Å²) in [5, 5.41) is 0. The fourth-order valence-corrected chi connectivity index (χ4v) is 3.11. The third-order valence-electron chi connectivity index (χ3n) is 2.81. The fourth-order valence-electron chi connectivity index (χ4n) is 1.62. The average Bonchev–Trinajstić information content (AvgIpc) is 2.39. The summed E-state index contributed by atoms with van der Waals surface area (Å²) >= 11 is 2.87. The molecule has 112 valence electrons. The highest BCUT2D eigenvalue weighted by Crippen LogP contribution is 2.26. The lowest BCUT2D eigenvalue weighted by Crippen LogP contribution is -2.14. The van der Waals surface area contributed by atoms with Crippen molar-refractivity contribution >= 4 is 37.3 Å². The molecule has 8 heteroatoms. The number of nitrogens with one attached hydrogen (secondary N) is 1. The SMILES string of the molecule is Cc1cc(S(=O)(=O)Nc2cc(Br)c(F)cc2F)ccc1N. The molecular formula is C13H11BrF2N2O2S. The molecule has 3 N–H and O–H groups in total. The first-order chi connectivity index (χ1) is 9.70. The molecule has 0 amide bonds. The highest BCUT2D eigenvalue weighted by Gasteiger charge is 2.18. The van der Waals surface area contributed by atoms with Gasteiger partial charge in [-0.25, -0.2) is 17.2 Å². The number of nitrogen functional groups attached to an aromatic ring is 1. The molecule has 0 unspecified atom stereocenters. The molecule has 0 atom stereocenters. The first-order valence-electron chi connectivity index (χ1n) is 5.74. The highest BCUT2D eigenvalue weighted by molar-refractivity contribution is 9.10. The lowest BCUT2D eigenvalue weighted by atomic mass is 10.2. The van der Waals surface area contributed by atoms with Gasteiger partial charge in [0.1, 0.15) is 11.6 Å². The van der Waals surface area contributed by atoms with Crippen molar-refractivity contribution in [3.63, 3.8) is 0 Å². The van der Waals surface area contributed by atoms with E-state index in [9.17, 15) is 17.2 Å². The number of anilines is 2. The van der Waals surface area contributed by atoms with Crippen molar-refractivity contribution in [1.82, 2.24) is 0 Å². The molecule has 0 heterocycles. The van der Waals surface area contributed by atoms with Gasteiger partial charge in [0.05, 0.1) is 15.1 Å². The molecule has 0 radical (unpaired) electrons. The van der Waals surface area contributed by atoms with E-state index in [1.807, 2.05) is 0 Å². The standard InChI is InChI=1S/C13H11BrF2N2O2S/c1-7-4-8(2-3-12(7)17)21(19,20)18-13-5-9(14)10(15)6-11(13)16/h2-6,18H,17H2,1H3. The van der Waals surface area contributed by atoms with Crippen molar-refractivity contribution in [3.8, 4) is 0 Å². The van der Waals surface area contributed by atoms with Crippen molar-refractivity contribution in [2.24, 2.45) is 0 Å². The van der Waals surface area contributed by atoms with E-state index in [1.165, 1.54) is 18.2 Å². The molecule has 0 aliphatic carbocycles. The number of hydrogen-bond acceptors (Lipinski definition) is 3. The zero-order valence-corrected chi connectivity index (χ0v) is 13.2. The van der Waals surface area contributed by atoms with Gasteiger partial charge in [-0.3, -0.25) is 4.72 Å². The van der Waals surface area contributed by atoms with Crippen LogP contribution in [0.15, 0.2) is 39.7 Å². The van der Waals surface area contributed by atoms with Gasteiger partial charge in [-0.05, 0) is 52.7 Å². The molecule has 0 fully saturated rings. The van der Waals surface area contributed by atoms with Crippen molar-refractivity contribution in [2.75, 3.05) is 10.5 Å². The number of hydrogen-bond donors (Lipinski definition) is 2. The average molecular weight is 377 g/mol. The van der Waals surface area contributed by atoms with Gasteiger partial charge in [-0.15, -0.1) is 0 Å². The zero-order chi connectivity index (χ0) is 15.8. The topological polar surface area (TPSA) is 72.2 Å². The molecule has 4 nitrogen and oxygen atoms in total. The van der Waals surface area contributed by atoms with Crippen LogP contribution in [0, 0.1) is 18.6 Å². The second-order valence-corrected chi connectivity index (χ2v) is 6.91. The first-order valence-corrected chi connectivity index (χ1v) is 8.02. The largest absolute Gasteiger partial charge is 0.399 e. The van der Waals surface area contributed by atoms with Crippen molar-refractivity contribution < 1.29 is 17.2 Å². The minimum Gasteiger partial charge on any atom is -0.399 e. The lowest BCUT2D eigenvalue weighted by Gasteiger charge is -2.11. The maximum atomic E-state index is 13.6. The monoisotopic (exact) mass is 376 g/mol. The van der Waals surface area contributed by atoms with Gasteiger partial charge in [0, 0.05) is 11.8 Å². The van der Waals surface area contributed by atoms with E-state index in [0.717, 1.165) is 6.07 Å². The number of nitrogens with two attached hydrogens (primary N) is 1. The van der Waals surface area contributed by atoms with Gasteiger partial charge < -0.3 is 5.73 Å². The van der Waals surface area contributed by atoms with E-state index < -0.39 is 21.7 Å². The van der Waals surface area contributed by atoms with Crippen LogP contribution in [0.3, 0.4) is 0 Å². The Balaban J connectivity index is 2.42. The quantitative estimate of drug-likeness (QED) is 0.636. The van der Waals surface area contributed by atoms with E-state index in [2.05, 4.69) is 20.7 Å². The van der Waals surface area contributed by atoms with Gasteiger partial charge >= 0.3 is 0 Å². The van der Waals surface area contributed by atoms with Gasteiger partial charge in [0.25, 0.3) is 10.0 Å². The summed E-state index contributed by atoms with van der Waals surface area (Å²) < 4.78 is 53.1. The molecule has 0 aliphatic rings. The summed E-state index contributed by atoms with van der Waals surface area (Å²) in [7, 11) is -3.99. The van der Waals surface area contributed by atoms with Crippen LogP contribution in [0.2, 0.25) is 0 Å². The molecule has 0 aliphatic heterocycles. The minimum atomic E-state index is -3.99. The molecule has 0 saturated carbocycles. The summed E-state index contributed by atoms with van der Waals surface area (Å²) in [6.07, 6.45) is 0. The summed E-state index contributed by atoms with van der Waals surface area (Å²) in [5.74, 6) is -1.83. The van der Waals surface area contributed by atoms with Gasteiger partial charge in [0.2, 0.25) is 0 Å². The Bertz CT molecular complexity index is 810. The lowest BCUT2D eigenvalue weighted by molar-refractivity contribution is 0.579. The van der Waals surface area contributed by atoms with E-state index in [-0.39, 0.29) is 15.1 Å². The Labute approximate surface area is 129 Å². The van der Waals surface area contributed by atoms with Crippen molar-refractivity contribution in [3.05, 3.63) is 52.0 Å². The summed E-state index contributed by atoms with van der Waals surface area (Å²) in [5.41, 5.74) is 6.30. The van der Waals surface area contributed by atoms with Crippen LogP contribution in [-0.4, -0.2) is 8.42 Å². The molecule has 0 bridgehead atoms. The van der Waals surface area contributed by atoms with Crippen LogP contribution in [0.1, 0.15) is 5.56 Å². The normalized spacial score (nSPS) is 11.4. The number of aryl methyl sites for hydroxylation is 1. The molecule has 2 aromatic rings. The van der Waals surface area contributed by atoms with Crippen LogP contribution < -0.4 is 10.5 Å². The second kappa shape index (κ2) is 5.61. The summed E-state index contributed by atoms with van der Waals surface area (Å²) in [6.45, 7) is 1.66. The fraction of sp³-hybridized carbons (Fsp3) is 0.0769. The molecular weight excluding hydrogens is 366 g/mol. The molecule has 2 aromatic carbocycles. The Morgan fingerprint density at radius 3 is 2.43 bits per heavy atom. The third kappa shape index (κ3) is 3.33. The van der Waals surface area contributed by atoms with E-state index >= 15 is 0 Å². The minimum absolute atomic E-state index is 0.0462. The Morgan fingerprint density at radius 1 is 1.14 bits per heavy atom. The van der Waals surface area contributed by atoms with Crippen LogP contribution in [0.25, 0.3) is 0 Å². The Kier molecular flexibility index (Phi) is 4.20. The van der Waals surface area contributed by atoms with Crippen molar-refractivity contribution in [1.29, 1.82) is 0 Å². The highest BCUT2D eigenvalue weighted by atomic mass is 79.9. The van der Waals surface area contributed by atoms with Crippen LogP contribution in [0.5, 0.6) is 0 Å². The predicted molar refractivity (Wildman–Crippen MR) is 80.5 cm³/mol. The summed E-state index contributed by atoms with van der Waals surface area (Å²) in [4.78, 5) is -0.0611. The van der Waals surface area contributed by atoms with Gasteiger partial charge in [-0.1, -0.05) is 0 Å². The maximum Gasteiger partial charge on any atom is 0.261 e. The van der Waals surface area contributed by atoms with E-state index in [4.69, 9.17) is 5.73 Å². The number of halogens is 3. The summed E-state index contributed by atoms with van der Waals surface area (Å²) in [6, 6.07) is 5.73. The first kappa shape index (κ1) is 15.7. The molecule has 0 spiro atoms.